The Morgan fingerprint density at radius 2 is 2.37 bits per heavy atom. The van der Waals surface area contributed by atoms with E-state index in [1.807, 2.05) is 12.1 Å². The Labute approximate surface area is 117 Å². The highest BCUT2D eigenvalue weighted by Crippen LogP contribution is 2.31. The van der Waals surface area contributed by atoms with Crippen LogP contribution >= 0.6 is 11.6 Å². The summed E-state index contributed by atoms with van der Waals surface area (Å²) in [4.78, 5) is 12.9. The molecule has 5 heteroatoms. The minimum atomic E-state index is -0.985. The molecule has 1 atom stereocenters. The van der Waals surface area contributed by atoms with Crippen LogP contribution in [0.3, 0.4) is 0 Å². The van der Waals surface area contributed by atoms with Gasteiger partial charge in [-0.25, -0.2) is 4.79 Å². The number of hydrogen-bond acceptors (Lipinski definition) is 3. The number of anilines is 1. The number of ether oxygens (including phenoxy) is 1. The van der Waals surface area contributed by atoms with Crippen LogP contribution in [0.5, 0.6) is 0 Å². The smallest absolute Gasteiger partial charge is 0.328 e. The van der Waals surface area contributed by atoms with Crippen molar-refractivity contribution in [3.05, 3.63) is 34.9 Å². The molecule has 1 aliphatic rings. The van der Waals surface area contributed by atoms with Gasteiger partial charge in [0.05, 0.1) is 13.2 Å². The second-order valence-corrected chi connectivity index (χ2v) is 4.87. The van der Waals surface area contributed by atoms with Gasteiger partial charge in [0, 0.05) is 34.9 Å². The van der Waals surface area contributed by atoms with Crippen molar-refractivity contribution < 1.29 is 14.6 Å². The van der Waals surface area contributed by atoms with Crippen LogP contribution in [0.25, 0.3) is 6.08 Å². The molecule has 0 spiro atoms. The Kier molecular flexibility index (Phi) is 4.45. The molecule has 102 valence electrons. The fraction of sp³-hybridized carbons (Fsp3) is 0.357. The number of morpholine rings is 1. The average Bonchev–Trinajstić information content (AvgIpc) is 2.37. The van der Waals surface area contributed by atoms with E-state index in [1.54, 1.807) is 12.1 Å². The van der Waals surface area contributed by atoms with Gasteiger partial charge in [-0.05, 0) is 25.1 Å². The Bertz CT molecular complexity index is 501. The number of hydrogen-bond donors (Lipinski definition) is 1. The zero-order valence-corrected chi connectivity index (χ0v) is 11.4. The van der Waals surface area contributed by atoms with Crippen LogP contribution in [-0.2, 0) is 9.53 Å². The van der Waals surface area contributed by atoms with Crippen molar-refractivity contribution in [3.8, 4) is 0 Å². The fourth-order valence-electron chi connectivity index (χ4n) is 2.18. The first-order valence-corrected chi connectivity index (χ1v) is 6.51. The number of benzene rings is 1. The molecule has 19 heavy (non-hydrogen) atoms. The molecular weight excluding hydrogens is 266 g/mol. The number of carboxylic acids is 1. The molecule has 1 aromatic rings. The normalized spacial score (nSPS) is 19.9. The highest BCUT2D eigenvalue weighted by atomic mass is 35.5. The summed E-state index contributed by atoms with van der Waals surface area (Å²) in [5, 5.41) is 9.31. The van der Waals surface area contributed by atoms with Gasteiger partial charge in [0.2, 0.25) is 0 Å². The lowest BCUT2D eigenvalue weighted by molar-refractivity contribution is -0.131. The molecule has 0 amide bonds. The van der Waals surface area contributed by atoms with Crippen molar-refractivity contribution in [1.29, 1.82) is 0 Å². The largest absolute Gasteiger partial charge is 0.478 e. The molecule has 4 nitrogen and oxygen atoms in total. The van der Waals surface area contributed by atoms with Crippen LogP contribution in [0.1, 0.15) is 12.5 Å². The molecule has 0 saturated carbocycles. The molecule has 1 N–H and O–H groups in total. The first-order valence-electron chi connectivity index (χ1n) is 6.13. The van der Waals surface area contributed by atoms with Crippen molar-refractivity contribution in [2.24, 2.45) is 0 Å². The van der Waals surface area contributed by atoms with Crippen molar-refractivity contribution in [2.45, 2.75) is 13.0 Å². The first-order chi connectivity index (χ1) is 9.09. The molecule has 1 saturated heterocycles. The lowest BCUT2D eigenvalue weighted by Gasteiger charge is -2.36. The highest BCUT2D eigenvalue weighted by Gasteiger charge is 2.21. The minimum absolute atomic E-state index is 0.240. The molecule has 1 heterocycles. The van der Waals surface area contributed by atoms with Gasteiger partial charge in [0.15, 0.2) is 0 Å². The predicted molar refractivity (Wildman–Crippen MR) is 75.7 cm³/mol. The zero-order valence-electron chi connectivity index (χ0n) is 10.7. The zero-order chi connectivity index (χ0) is 13.8. The van der Waals surface area contributed by atoms with E-state index in [0.717, 1.165) is 23.9 Å². The average molecular weight is 282 g/mol. The molecule has 1 fully saturated rings. The Morgan fingerprint density at radius 1 is 1.58 bits per heavy atom. The van der Waals surface area contributed by atoms with E-state index in [1.165, 1.54) is 0 Å². The fourth-order valence-corrected chi connectivity index (χ4v) is 2.41. The summed E-state index contributed by atoms with van der Waals surface area (Å²) < 4.78 is 5.41. The Morgan fingerprint density at radius 3 is 3.05 bits per heavy atom. The van der Waals surface area contributed by atoms with Gasteiger partial charge in [-0.2, -0.15) is 0 Å². The standard InChI is InChI=1S/C14H16ClNO3/c1-10-9-19-8-7-16(10)13-4-2-3-12(15)11(13)5-6-14(17)18/h2-6,10H,7-9H2,1H3,(H,17,18)/b6-5+. The number of halogens is 1. The lowest BCUT2D eigenvalue weighted by atomic mass is 10.1. The van der Waals surface area contributed by atoms with Crippen LogP contribution in [0.2, 0.25) is 5.02 Å². The van der Waals surface area contributed by atoms with E-state index in [0.29, 0.717) is 18.2 Å². The lowest BCUT2D eigenvalue weighted by Crippen LogP contribution is -2.44. The van der Waals surface area contributed by atoms with Crippen molar-refractivity contribution in [1.82, 2.24) is 0 Å². The summed E-state index contributed by atoms with van der Waals surface area (Å²) in [5.41, 5.74) is 1.68. The maximum absolute atomic E-state index is 10.7. The van der Waals surface area contributed by atoms with E-state index < -0.39 is 5.97 Å². The third kappa shape index (κ3) is 3.28. The molecule has 0 aromatic heterocycles. The number of carboxylic acid groups (broad SMARTS) is 1. The van der Waals surface area contributed by atoms with Crippen molar-refractivity contribution in [2.75, 3.05) is 24.7 Å². The van der Waals surface area contributed by atoms with E-state index in [-0.39, 0.29) is 6.04 Å². The van der Waals surface area contributed by atoms with Gasteiger partial charge in [-0.3, -0.25) is 0 Å². The summed E-state index contributed by atoms with van der Waals surface area (Å²) >= 11 is 6.18. The van der Waals surface area contributed by atoms with Gasteiger partial charge in [0.25, 0.3) is 0 Å². The molecule has 0 aliphatic carbocycles. The van der Waals surface area contributed by atoms with Gasteiger partial charge in [-0.15, -0.1) is 0 Å². The number of aliphatic carboxylic acids is 1. The molecule has 0 radical (unpaired) electrons. The predicted octanol–water partition coefficient (Wildman–Crippen LogP) is 2.66. The first kappa shape index (κ1) is 13.9. The Hall–Kier alpha value is -1.52. The second kappa shape index (κ2) is 6.08. The van der Waals surface area contributed by atoms with E-state index in [9.17, 15) is 4.79 Å². The maximum atomic E-state index is 10.7. The topological polar surface area (TPSA) is 49.8 Å². The second-order valence-electron chi connectivity index (χ2n) is 4.46. The molecule has 1 aliphatic heterocycles. The molecule has 1 aromatic carbocycles. The van der Waals surface area contributed by atoms with Crippen LogP contribution < -0.4 is 4.90 Å². The van der Waals surface area contributed by atoms with Gasteiger partial charge < -0.3 is 14.7 Å². The van der Waals surface area contributed by atoms with Gasteiger partial charge in [-0.1, -0.05) is 17.7 Å². The number of nitrogens with zero attached hydrogens (tertiary/aromatic N) is 1. The monoisotopic (exact) mass is 281 g/mol. The third-order valence-electron chi connectivity index (χ3n) is 3.10. The van der Waals surface area contributed by atoms with Gasteiger partial charge in [0.1, 0.15) is 0 Å². The molecule has 0 bridgehead atoms. The number of rotatable bonds is 3. The summed E-state index contributed by atoms with van der Waals surface area (Å²) in [5.74, 6) is -0.985. The van der Waals surface area contributed by atoms with E-state index in [4.69, 9.17) is 21.4 Å². The van der Waals surface area contributed by atoms with E-state index >= 15 is 0 Å². The van der Waals surface area contributed by atoms with Crippen LogP contribution in [0.4, 0.5) is 5.69 Å². The van der Waals surface area contributed by atoms with Crippen LogP contribution in [0, 0.1) is 0 Å². The van der Waals surface area contributed by atoms with E-state index in [2.05, 4.69) is 11.8 Å². The maximum Gasteiger partial charge on any atom is 0.328 e. The summed E-state index contributed by atoms with van der Waals surface area (Å²) in [6.07, 6.45) is 2.65. The summed E-state index contributed by atoms with van der Waals surface area (Å²) in [7, 11) is 0. The molecular formula is C14H16ClNO3. The SMILES string of the molecule is CC1COCCN1c1cccc(Cl)c1/C=C/C(=O)O. The molecule has 1 unspecified atom stereocenters. The quantitative estimate of drug-likeness (QED) is 0.866. The highest BCUT2D eigenvalue weighted by molar-refractivity contribution is 6.32. The number of carbonyl (C=O) groups is 1. The third-order valence-corrected chi connectivity index (χ3v) is 3.43. The van der Waals surface area contributed by atoms with Crippen molar-refractivity contribution in [3.63, 3.8) is 0 Å². The Balaban J connectivity index is 2.38. The van der Waals surface area contributed by atoms with Crippen LogP contribution in [0.15, 0.2) is 24.3 Å². The van der Waals surface area contributed by atoms with Crippen LogP contribution in [-0.4, -0.2) is 36.9 Å². The minimum Gasteiger partial charge on any atom is -0.478 e. The van der Waals surface area contributed by atoms with Gasteiger partial charge >= 0.3 is 5.97 Å². The molecule has 2 rings (SSSR count). The van der Waals surface area contributed by atoms with Crippen molar-refractivity contribution >= 4 is 29.3 Å². The summed E-state index contributed by atoms with van der Waals surface area (Å²) in [6.45, 7) is 4.17. The summed E-state index contributed by atoms with van der Waals surface area (Å²) in [6, 6.07) is 5.83.